The minimum absolute atomic E-state index is 0.0556. The zero-order valence-corrected chi connectivity index (χ0v) is 13.5. The Labute approximate surface area is 124 Å². The van der Waals surface area contributed by atoms with Crippen molar-refractivity contribution < 1.29 is 13.2 Å². The number of aryl methyl sites for hydroxylation is 1. The van der Waals surface area contributed by atoms with Crippen LogP contribution in [0, 0.1) is 0 Å². The van der Waals surface area contributed by atoms with Gasteiger partial charge in [-0.15, -0.1) is 11.3 Å². The van der Waals surface area contributed by atoms with Crippen LogP contribution in [0.15, 0.2) is 5.38 Å². The van der Waals surface area contributed by atoms with Gasteiger partial charge < -0.3 is 4.74 Å². The van der Waals surface area contributed by atoms with Crippen LogP contribution in [0.1, 0.15) is 30.5 Å². The lowest BCUT2D eigenvalue weighted by atomic mass is 10.2. The second-order valence-corrected chi connectivity index (χ2v) is 7.42. The highest BCUT2D eigenvalue weighted by Gasteiger charge is 2.33. The predicted octanol–water partition coefficient (Wildman–Crippen LogP) is 1.15. The molecule has 0 spiro atoms. The Balaban J connectivity index is 1.96. The molecule has 1 N–H and O–H groups in total. The Morgan fingerprint density at radius 1 is 1.60 bits per heavy atom. The molecule has 0 aliphatic carbocycles. The summed E-state index contributed by atoms with van der Waals surface area (Å²) < 4.78 is 33.8. The van der Waals surface area contributed by atoms with Crippen molar-refractivity contribution in [1.82, 2.24) is 14.0 Å². The average Bonchev–Trinajstić information content (AvgIpc) is 3.05. The number of ether oxygens (including phenoxy) is 1. The van der Waals surface area contributed by atoms with Crippen molar-refractivity contribution in [3.05, 3.63) is 16.1 Å². The Bertz CT molecular complexity index is 530. The number of thiazole rings is 1. The summed E-state index contributed by atoms with van der Waals surface area (Å²) in [7, 11) is -1.86. The van der Waals surface area contributed by atoms with Crippen molar-refractivity contribution >= 4 is 21.5 Å². The average molecular weight is 319 g/mol. The normalized spacial score (nSPS) is 20.6. The topological polar surface area (TPSA) is 71.5 Å². The molecule has 0 saturated carbocycles. The lowest BCUT2D eigenvalue weighted by Gasteiger charge is -2.23. The lowest BCUT2D eigenvalue weighted by Crippen LogP contribution is -2.44. The number of aromatic nitrogens is 1. The van der Waals surface area contributed by atoms with Gasteiger partial charge in [-0.3, -0.25) is 0 Å². The third-order valence-electron chi connectivity index (χ3n) is 3.36. The van der Waals surface area contributed by atoms with Crippen LogP contribution in [0.5, 0.6) is 0 Å². The van der Waals surface area contributed by atoms with Gasteiger partial charge in [-0.2, -0.15) is 17.4 Å². The molecule has 2 heterocycles. The zero-order valence-electron chi connectivity index (χ0n) is 11.8. The van der Waals surface area contributed by atoms with Gasteiger partial charge in [0.2, 0.25) is 0 Å². The smallest absolute Gasteiger partial charge is 0.280 e. The molecule has 1 fully saturated rings. The molecule has 1 aliphatic heterocycles. The number of nitrogens with zero attached hydrogens (tertiary/aromatic N) is 2. The van der Waals surface area contributed by atoms with E-state index in [1.165, 1.54) is 15.6 Å². The van der Waals surface area contributed by atoms with Gasteiger partial charge in [0.05, 0.1) is 18.8 Å². The van der Waals surface area contributed by atoms with Gasteiger partial charge in [0.15, 0.2) is 0 Å². The largest absolute Gasteiger partial charge is 0.383 e. The molecular formula is C12H21N3O3S2. The second-order valence-electron chi connectivity index (χ2n) is 4.77. The van der Waals surface area contributed by atoms with E-state index >= 15 is 0 Å². The summed E-state index contributed by atoms with van der Waals surface area (Å²) >= 11 is 1.49. The number of rotatable bonds is 7. The number of nitrogens with one attached hydrogen (secondary N) is 1. The molecule has 0 amide bonds. The molecule has 0 bridgehead atoms. The lowest BCUT2D eigenvalue weighted by molar-refractivity contribution is 0.148. The van der Waals surface area contributed by atoms with Crippen LogP contribution < -0.4 is 4.72 Å². The SMILES string of the molecule is CCc1csc(CNS(=O)(=O)N2CCCC2COC)n1. The van der Waals surface area contributed by atoms with Gasteiger partial charge in [0, 0.05) is 25.1 Å². The molecule has 6 nitrogen and oxygen atoms in total. The van der Waals surface area contributed by atoms with E-state index in [0.29, 0.717) is 13.2 Å². The minimum Gasteiger partial charge on any atom is -0.383 e. The fraction of sp³-hybridized carbons (Fsp3) is 0.750. The van der Waals surface area contributed by atoms with E-state index < -0.39 is 10.2 Å². The van der Waals surface area contributed by atoms with Gasteiger partial charge in [0.25, 0.3) is 10.2 Å². The summed E-state index contributed by atoms with van der Waals surface area (Å²) in [5, 5.41) is 2.76. The summed E-state index contributed by atoms with van der Waals surface area (Å²) in [5.41, 5.74) is 1.00. The maximum absolute atomic E-state index is 12.3. The van der Waals surface area contributed by atoms with Crippen molar-refractivity contribution in [3.63, 3.8) is 0 Å². The standard InChI is InChI=1S/C12H21N3O3S2/c1-3-10-9-19-12(14-10)7-13-20(16,17)15-6-4-5-11(15)8-18-2/h9,11,13H,3-8H2,1-2H3. The molecule has 0 aromatic carbocycles. The van der Waals surface area contributed by atoms with Gasteiger partial charge >= 0.3 is 0 Å². The van der Waals surface area contributed by atoms with Crippen LogP contribution >= 0.6 is 11.3 Å². The Hall–Kier alpha value is -0.540. The van der Waals surface area contributed by atoms with Gasteiger partial charge in [-0.25, -0.2) is 4.98 Å². The molecule has 1 atom stereocenters. The summed E-state index contributed by atoms with van der Waals surface area (Å²) in [4.78, 5) is 4.36. The van der Waals surface area contributed by atoms with Crippen LogP contribution in [0.2, 0.25) is 0 Å². The van der Waals surface area contributed by atoms with E-state index in [9.17, 15) is 8.42 Å². The van der Waals surface area contributed by atoms with Crippen molar-refractivity contribution in [2.45, 2.75) is 38.8 Å². The van der Waals surface area contributed by atoms with Crippen LogP contribution in [0.4, 0.5) is 0 Å². The fourth-order valence-corrected chi connectivity index (χ4v) is 4.63. The molecule has 1 aromatic heterocycles. The number of hydrogen-bond acceptors (Lipinski definition) is 5. The first-order chi connectivity index (χ1) is 9.56. The van der Waals surface area contributed by atoms with Gasteiger partial charge in [0.1, 0.15) is 5.01 Å². The van der Waals surface area contributed by atoms with Crippen LogP contribution in [0.3, 0.4) is 0 Å². The molecule has 8 heteroatoms. The summed E-state index contributed by atoms with van der Waals surface area (Å²) in [6.45, 7) is 3.28. The number of hydrogen-bond donors (Lipinski definition) is 1. The van der Waals surface area contributed by atoms with Gasteiger partial charge in [-0.05, 0) is 19.3 Å². The Kier molecular flexibility index (Phi) is 5.50. The molecule has 1 saturated heterocycles. The van der Waals surface area contributed by atoms with Crippen molar-refractivity contribution in [2.24, 2.45) is 0 Å². The highest BCUT2D eigenvalue weighted by Crippen LogP contribution is 2.20. The van der Waals surface area contributed by atoms with Crippen molar-refractivity contribution in [1.29, 1.82) is 0 Å². The van der Waals surface area contributed by atoms with E-state index in [4.69, 9.17) is 4.74 Å². The van der Waals surface area contributed by atoms with Crippen LogP contribution in [-0.4, -0.2) is 44.0 Å². The fourth-order valence-electron chi connectivity index (χ4n) is 2.31. The first-order valence-electron chi connectivity index (χ1n) is 6.75. The third kappa shape index (κ3) is 3.76. The monoisotopic (exact) mass is 319 g/mol. The highest BCUT2D eigenvalue weighted by molar-refractivity contribution is 7.87. The summed E-state index contributed by atoms with van der Waals surface area (Å²) in [6.07, 6.45) is 2.60. The summed E-state index contributed by atoms with van der Waals surface area (Å²) in [5.74, 6) is 0. The first kappa shape index (κ1) is 15.8. The number of methoxy groups -OCH3 is 1. The molecular weight excluding hydrogens is 298 g/mol. The van der Waals surface area contributed by atoms with Crippen molar-refractivity contribution in [3.8, 4) is 0 Å². The molecule has 1 aromatic rings. The molecule has 1 aliphatic rings. The summed E-state index contributed by atoms with van der Waals surface area (Å²) in [6, 6.07) is -0.0556. The molecule has 2 rings (SSSR count). The molecule has 114 valence electrons. The molecule has 0 radical (unpaired) electrons. The van der Waals surface area contributed by atoms with E-state index in [-0.39, 0.29) is 12.6 Å². The molecule has 20 heavy (non-hydrogen) atoms. The van der Waals surface area contributed by atoms with Crippen LogP contribution in [-0.2, 0) is 27.9 Å². The van der Waals surface area contributed by atoms with Gasteiger partial charge in [-0.1, -0.05) is 6.92 Å². The second kappa shape index (κ2) is 6.95. The Morgan fingerprint density at radius 2 is 2.40 bits per heavy atom. The van der Waals surface area contributed by atoms with E-state index in [1.54, 1.807) is 7.11 Å². The molecule has 1 unspecified atom stereocenters. The highest BCUT2D eigenvalue weighted by atomic mass is 32.2. The van der Waals surface area contributed by atoms with Crippen molar-refractivity contribution in [2.75, 3.05) is 20.3 Å². The predicted molar refractivity (Wildman–Crippen MR) is 78.9 cm³/mol. The quantitative estimate of drug-likeness (QED) is 0.818. The van der Waals surface area contributed by atoms with E-state index in [1.807, 2.05) is 12.3 Å². The minimum atomic E-state index is -3.46. The first-order valence-corrected chi connectivity index (χ1v) is 9.07. The maximum Gasteiger partial charge on any atom is 0.280 e. The zero-order chi connectivity index (χ0) is 14.6. The third-order valence-corrected chi connectivity index (χ3v) is 5.86. The Morgan fingerprint density at radius 3 is 3.05 bits per heavy atom. The van der Waals surface area contributed by atoms with E-state index in [2.05, 4.69) is 9.71 Å². The maximum atomic E-state index is 12.3. The van der Waals surface area contributed by atoms with Crippen LogP contribution in [0.25, 0.3) is 0 Å². The van der Waals surface area contributed by atoms with E-state index in [0.717, 1.165) is 30.0 Å².